The summed E-state index contributed by atoms with van der Waals surface area (Å²) >= 11 is 0. The van der Waals surface area contributed by atoms with Gasteiger partial charge in [0.25, 0.3) is 16.1 Å². The molecular formula is C32H44O6P2. The van der Waals surface area contributed by atoms with Crippen molar-refractivity contribution in [3.8, 4) is 23.0 Å². The van der Waals surface area contributed by atoms with Gasteiger partial charge in [0, 0.05) is 0 Å². The maximum Gasteiger partial charge on any atom is 0.278 e. The molecule has 3 aromatic carbocycles. The van der Waals surface area contributed by atoms with Crippen LogP contribution in [-0.2, 0) is 9.13 Å². The van der Waals surface area contributed by atoms with Gasteiger partial charge in [0.05, 0.1) is 0 Å². The molecule has 0 aliphatic carbocycles. The van der Waals surface area contributed by atoms with Gasteiger partial charge in [0.15, 0.2) is 10.7 Å². The molecule has 40 heavy (non-hydrogen) atoms. The Morgan fingerprint density at radius 2 is 0.800 bits per heavy atom. The van der Waals surface area contributed by atoms with Crippen LogP contribution in [0, 0.1) is 27.7 Å². The monoisotopic (exact) mass is 586 g/mol. The van der Waals surface area contributed by atoms with E-state index < -0.39 is 26.7 Å². The van der Waals surface area contributed by atoms with Crippen LogP contribution in [0.25, 0.3) is 0 Å². The van der Waals surface area contributed by atoms with Crippen molar-refractivity contribution in [1.82, 2.24) is 0 Å². The molecule has 2 unspecified atom stereocenters. The van der Waals surface area contributed by atoms with Gasteiger partial charge in [-0.1, -0.05) is 64.1 Å². The summed E-state index contributed by atoms with van der Waals surface area (Å²) in [6.07, 6.45) is 2.15. The van der Waals surface area contributed by atoms with E-state index in [2.05, 4.69) is 0 Å². The van der Waals surface area contributed by atoms with E-state index in [0.29, 0.717) is 37.2 Å². The largest absolute Gasteiger partial charge is 0.476 e. The second-order valence-electron chi connectivity index (χ2n) is 10.3. The van der Waals surface area contributed by atoms with Crippen molar-refractivity contribution >= 4 is 16.1 Å². The summed E-state index contributed by atoms with van der Waals surface area (Å²) in [5, 5.41) is -1.87. The van der Waals surface area contributed by atoms with Crippen LogP contribution >= 0.6 is 16.1 Å². The van der Waals surface area contributed by atoms with E-state index in [1.807, 2.05) is 91.8 Å². The second-order valence-corrected chi connectivity index (χ2v) is 13.7. The molecule has 0 amide bonds. The molecule has 6 nitrogen and oxygen atoms in total. The summed E-state index contributed by atoms with van der Waals surface area (Å²) < 4.78 is 51.9. The minimum atomic E-state index is -2.67. The van der Waals surface area contributed by atoms with Crippen LogP contribution in [0.2, 0.25) is 0 Å². The first-order valence-corrected chi connectivity index (χ1v) is 16.7. The molecule has 2 atom stereocenters. The van der Waals surface area contributed by atoms with Crippen LogP contribution in [0.5, 0.6) is 23.0 Å². The Morgan fingerprint density at radius 1 is 0.525 bits per heavy atom. The van der Waals surface area contributed by atoms with Crippen LogP contribution in [0.3, 0.4) is 0 Å². The summed E-state index contributed by atoms with van der Waals surface area (Å²) in [6.45, 7) is 15.8. The molecule has 0 saturated carbocycles. The molecule has 3 rings (SSSR count). The van der Waals surface area contributed by atoms with E-state index in [-0.39, 0.29) is 0 Å². The number of aryl methyl sites for hydroxylation is 4. The lowest BCUT2D eigenvalue weighted by molar-refractivity contribution is 0.133. The topological polar surface area (TPSA) is 71.1 Å². The van der Waals surface area contributed by atoms with Crippen molar-refractivity contribution in [1.29, 1.82) is 0 Å². The van der Waals surface area contributed by atoms with E-state index in [9.17, 15) is 9.13 Å². The molecule has 0 aromatic heterocycles. The minimum Gasteiger partial charge on any atom is -0.476 e. The molecule has 0 heterocycles. The normalized spacial score (nSPS) is 13.4. The standard InChI is InChI=1S/C32H44O6P2/c1-9-31(10-2,35-29-23(5)15-13-16-24(29)6)39(33)37-27-19-21-28(22-20-27)38-40(34)32(11-3,12-4)36-30-25(7)17-14-18-26(30)8/h13-22,39-40H,9-12H2,1-8H3. The zero-order valence-electron chi connectivity index (χ0n) is 25.1. The second kappa shape index (κ2) is 13.8. The van der Waals surface area contributed by atoms with E-state index >= 15 is 0 Å². The molecule has 0 aliphatic heterocycles. The van der Waals surface area contributed by atoms with Crippen molar-refractivity contribution in [3.05, 3.63) is 82.9 Å². The van der Waals surface area contributed by atoms with E-state index in [1.54, 1.807) is 24.3 Å². The van der Waals surface area contributed by atoms with Crippen LogP contribution < -0.4 is 18.5 Å². The number of benzene rings is 3. The summed E-state index contributed by atoms with van der Waals surface area (Å²) in [7, 11) is -5.34. The van der Waals surface area contributed by atoms with Crippen LogP contribution in [0.1, 0.15) is 75.6 Å². The first-order chi connectivity index (χ1) is 19.0. The molecule has 0 fully saturated rings. The first kappa shape index (κ1) is 31.8. The average molecular weight is 587 g/mol. The molecule has 218 valence electrons. The Labute approximate surface area is 241 Å². The van der Waals surface area contributed by atoms with Gasteiger partial charge in [-0.3, -0.25) is 9.13 Å². The third-order valence-electron chi connectivity index (χ3n) is 7.69. The van der Waals surface area contributed by atoms with Gasteiger partial charge in [-0.2, -0.15) is 0 Å². The zero-order chi connectivity index (χ0) is 29.5. The minimum absolute atomic E-state index is 0.441. The van der Waals surface area contributed by atoms with Crippen molar-refractivity contribution in [2.75, 3.05) is 0 Å². The highest BCUT2D eigenvalue weighted by molar-refractivity contribution is 7.41. The molecule has 0 radical (unpaired) electrons. The SMILES string of the molecule is CCC(CC)(Oc1c(C)cccc1C)[PH](=O)Oc1ccc(O[PH](=O)C(CC)(CC)Oc2c(C)cccc2C)cc1. The highest BCUT2D eigenvalue weighted by Gasteiger charge is 2.39. The Hall–Kier alpha value is -2.68. The fourth-order valence-corrected chi connectivity index (χ4v) is 7.33. The maximum atomic E-state index is 13.6. The zero-order valence-corrected chi connectivity index (χ0v) is 27.1. The smallest absolute Gasteiger partial charge is 0.278 e. The summed E-state index contributed by atoms with van der Waals surface area (Å²) in [5.74, 6) is 2.38. The predicted molar refractivity (Wildman–Crippen MR) is 165 cm³/mol. The number of para-hydroxylation sites is 2. The van der Waals surface area contributed by atoms with E-state index in [0.717, 1.165) is 33.8 Å². The van der Waals surface area contributed by atoms with Gasteiger partial charge in [-0.05, 0) is 99.9 Å². The predicted octanol–water partition coefficient (Wildman–Crippen LogP) is 9.82. The summed E-state index contributed by atoms with van der Waals surface area (Å²) in [6, 6.07) is 18.7. The first-order valence-electron chi connectivity index (χ1n) is 14.1. The molecule has 0 bridgehead atoms. The Balaban J connectivity index is 1.75. The van der Waals surface area contributed by atoms with Crippen LogP contribution in [0.15, 0.2) is 60.7 Å². The number of rotatable bonds is 14. The molecule has 3 aromatic rings. The van der Waals surface area contributed by atoms with Gasteiger partial charge >= 0.3 is 0 Å². The fraction of sp³-hybridized carbons (Fsp3) is 0.438. The van der Waals surface area contributed by atoms with Crippen molar-refractivity contribution < 1.29 is 27.7 Å². The Morgan fingerprint density at radius 3 is 1.05 bits per heavy atom. The summed E-state index contributed by atoms with van der Waals surface area (Å²) in [4.78, 5) is 0. The Bertz CT molecular complexity index is 1180. The Kier molecular flexibility index (Phi) is 11.0. The van der Waals surface area contributed by atoms with Crippen molar-refractivity contribution in [3.63, 3.8) is 0 Å². The quantitative estimate of drug-likeness (QED) is 0.175. The highest BCUT2D eigenvalue weighted by Crippen LogP contribution is 2.50. The van der Waals surface area contributed by atoms with Gasteiger partial charge in [-0.25, -0.2) is 0 Å². The van der Waals surface area contributed by atoms with E-state index in [4.69, 9.17) is 18.5 Å². The van der Waals surface area contributed by atoms with Gasteiger partial charge in [0.1, 0.15) is 23.0 Å². The molecule has 0 saturated heterocycles. The van der Waals surface area contributed by atoms with Crippen molar-refractivity contribution in [2.45, 2.75) is 91.8 Å². The maximum absolute atomic E-state index is 13.6. The molecule has 0 aliphatic rings. The molecule has 0 N–H and O–H groups in total. The van der Waals surface area contributed by atoms with Crippen LogP contribution in [0.4, 0.5) is 0 Å². The fourth-order valence-electron chi connectivity index (χ4n) is 4.74. The third kappa shape index (κ3) is 6.96. The average Bonchev–Trinajstić information content (AvgIpc) is 2.94. The molecule has 0 spiro atoms. The molecular weight excluding hydrogens is 542 g/mol. The highest BCUT2D eigenvalue weighted by atomic mass is 31.1. The molecule has 8 heteroatoms. The van der Waals surface area contributed by atoms with Crippen molar-refractivity contribution in [2.24, 2.45) is 0 Å². The number of ether oxygens (including phenoxy) is 2. The third-order valence-corrected chi connectivity index (χ3v) is 11.6. The van der Waals surface area contributed by atoms with Gasteiger partial charge < -0.3 is 18.5 Å². The number of hydrogen-bond acceptors (Lipinski definition) is 6. The van der Waals surface area contributed by atoms with Gasteiger partial charge in [0.2, 0.25) is 0 Å². The number of hydrogen-bond donors (Lipinski definition) is 0. The lowest BCUT2D eigenvalue weighted by atomic mass is 10.1. The lowest BCUT2D eigenvalue weighted by Crippen LogP contribution is -2.32. The van der Waals surface area contributed by atoms with E-state index in [1.165, 1.54) is 0 Å². The lowest BCUT2D eigenvalue weighted by Gasteiger charge is -2.33. The van der Waals surface area contributed by atoms with Crippen LogP contribution in [-0.4, -0.2) is 10.7 Å². The van der Waals surface area contributed by atoms with Gasteiger partial charge in [-0.15, -0.1) is 0 Å². The summed E-state index contributed by atoms with van der Waals surface area (Å²) in [5.41, 5.74) is 3.98.